The predicted octanol–water partition coefficient (Wildman–Crippen LogP) is 1.56. The Balaban J connectivity index is 2.20. The van der Waals surface area contributed by atoms with Crippen molar-refractivity contribution < 1.29 is 27.1 Å². The first-order valence-electron chi connectivity index (χ1n) is 6.24. The van der Waals surface area contributed by atoms with Gasteiger partial charge in [-0.1, -0.05) is 6.07 Å². The number of alkyl halides is 3. The van der Waals surface area contributed by atoms with Crippen LogP contribution in [0.5, 0.6) is 0 Å². The van der Waals surface area contributed by atoms with Gasteiger partial charge in [-0.25, -0.2) is 4.39 Å². The second-order valence-electron chi connectivity index (χ2n) is 4.68. The van der Waals surface area contributed by atoms with Gasteiger partial charge in [0, 0.05) is 20.2 Å². The smallest absolute Gasteiger partial charge is 0.378 e. The number of benzene rings is 1. The van der Waals surface area contributed by atoms with Crippen molar-refractivity contribution >= 4 is 5.91 Å². The number of halogens is 4. The van der Waals surface area contributed by atoms with Crippen LogP contribution in [0, 0.1) is 5.82 Å². The zero-order chi connectivity index (χ0) is 15.6. The van der Waals surface area contributed by atoms with E-state index >= 15 is 0 Å². The molecular formula is C13H14F4N2O2. The molecule has 1 aromatic rings. The molecule has 1 aromatic carbocycles. The van der Waals surface area contributed by atoms with Crippen LogP contribution in [0.1, 0.15) is 15.9 Å². The second-order valence-corrected chi connectivity index (χ2v) is 4.68. The third kappa shape index (κ3) is 3.33. The van der Waals surface area contributed by atoms with Crippen molar-refractivity contribution in [3.05, 3.63) is 35.1 Å². The number of hydrogen-bond acceptors (Lipinski definition) is 3. The van der Waals surface area contributed by atoms with Crippen LogP contribution in [0.15, 0.2) is 18.2 Å². The molecule has 21 heavy (non-hydrogen) atoms. The summed E-state index contributed by atoms with van der Waals surface area (Å²) in [6, 6.07) is 2.20. The van der Waals surface area contributed by atoms with Crippen molar-refractivity contribution in [1.29, 1.82) is 0 Å². The molecule has 8 heteroatoms. The summed E-state index contributed by atoms with van der Waals surface area (Å²) in [4.78, 5) is 12.0. The fraction of sp³-hybridized carbons (Fsp3) is 0.462. The highest BCUT2D eigenvalue weighted by Gasteiger charge is 2.36. The maximum absolute atomic E-state index is 13.8. The van der Waals surface area contributed by atoms with E-state index in [0.29, 0.717) is 19.2 Å². The molecule has 1 saturated heterocycles. The topological polar surface area (TPSA) is 50.4 Å². The summed E-state index contributed by atoms with van der Waals surface area (Å²) in [6.07, 6.45) is -5.15. The molecule has 0 aromatic heterocycles. The maximum atomic E-state index is 13.8. The minimum absolute atomic E-state index is 0.303. The largest absolute Gasteiger partial charge is 0.419 e. The monoisotopic (exact) mass is 306 g/mol. The molecule has 0 radical (unpaired) electrons. The molecule has 0 aliphatic carbocycles. The Morgan fingerprint density at radius 1 is 1.38 bits per heavy atom. The molecule has 2 rings (SSSR count). The average Bonchev–Trinajstić information content (AvgIpc) is 2.84. The molecule has 1 aliphatic rings. The zero-order valence-electron chi connectivity index (χ0n) is 11.1. The molecule has 1 amide bonds. The zero-order valence-corrected chi connectivity index (χ0v) is 11.1. The van der Waals surface area contributed by atoms with Gasteiger partial charge in [0.25, 0.3) is 5.91 Å². The van der Waals surface area contributed by atoms with Crippen LogP contribution in [0.3, 0.4) is 0 Å². The first-order valence-corrected chi connectivity index (χ1v) is 6.24. The molecule has 2 atom stereocenters. The van der Waals surface area contributed by atoms with E-state index < -0.39 is 35.1 Å². The fourth-order valence-corrected chi connectivity index (χ4v) is 2.22. The molecule has 0 bridgehead atoms. The van der Waals surface area contributed by atoms with E-state index in [4.69, 9.17) is 4.74 Å². The van der Waals surface area contributed by atoms with E-state index in [1.54, 1.807) is 0 Å². The van der Waals surface area contributed by atoms with E-state index in [1.807, 2.05) is 0 Å². The minimum Gasteiger partial charge on any atom is -0.378 e. The summed E-state index contributed by atoms with van der Waals surface area (Å²) in [5.74, 6) is -2.46. The standard InChI is InChI=1S/C13H14F4N2O2/c1-21-10-6-18-5-9(10)19-12(20)7-3-2-4-8(11(7)14)13(15,16)17/h2-4,9-10,18H,5-6H2,1H3,(H,19,20)/t9-,10-/m0/s1. The Morgan fingerprint density at radius 2 is 2.10 bits per heavy atom. The molecule has 2 N–H and O–H groups in total. The van der Waals surface area contributed by atoms with Crippen LogP contribution in [-0.2, 0) is 10.9 Å². The summed E-state index contributed by atoms with van der Waals surface area (Å²) >= 11 is 0. The van der Waals surface area contributed by atoms with Crippen LogP contribution in [0.4, 0.5) is 17.6 Å². The van der Waals surface area contributed by atoms with Gasteiger partial charge in [0.15, 0.2) is 0 Å². The van der Waals surface area contributed by atoms with Gasteiger partial charge in [-0.3, -0.25) is 4.79 Å². The highest BCUT2D eigenvalue weighted by Crippen LogP contribution is 2.32. The van der Waals surface area contributed by atoms with Crippen LogP contribution in [-0.4, -0.2) is 38.3 Å². The van der Waals surface area contributed by atoms with E-state index in [9.17, 15) is 22.4 Å². The molecule has 0 unspecified atom stereocenters. The maximum Gasteiger partial charge on any atom is 0.419 e. The van der Waals surface area contributed by atoms with Crippen LogP contribution >= 0.6 is 0 Å². The van der Waals surface area contributed by atoms with Crippen LogP contribution in [0.2, 0.25) is 0 Å². The first kappa shape index (κ1) is 15.7. The van der Waals surface area contributed by atoms with Crippen LogP contribution in [0.25, 0.3) is 0 Å². The van der Waals surface area contributed by atoms with Crippen molar-refractivity contribution in [3.8, 4) is 0 Å². The lowest BCUT2D eigenvalue weighted by molar-refractivity contribution is -0.140. The second kappa shape index (κ2) is 5.98. The first-order chi connectivity index (χ1) is 9.84. The van der Waals surface area contributed by atoms with E-state index in [-0.39, 0.29) is 6.10 Å². The molecule has 0 spiro atoms. The molecule has 4 nitrogen and oxygen atoms in total. The van der Waals surface area contributed by atoms with Crippen molar-refractivity contribution in [1.82, 2.24) is 10.6 Å². The molecule has 1 aliphatic heterocycles. The van der Waals surface area contributed by atoms with Gasteiger partial charge in [0.05, 0.1) is 23.3 Å². The lowest BCUT2D eigenvalue weighted by atomic mass is 10.1. The number of methoxy groups -OCH3 is 1. The molecule has 1 heterocycles. The highest BCUT2D eigenvalue weighted by atomic mass is 19.4. The fourth-order valence-electron chi connectivity index (χ4n) is 2.22. The van der Waals surface area contributed by atoms with Gasteiger partial charge in [0.1, 0.15) is 5.82 Å². The highest BCUT2D eigenvalue weighted by molar-refractivity contribution is 5.95. The Bertz CT molecular complexity index is 533. The van der Waals surface area contributed by atoms with E-state index in [2.05, 4.69) is 10.6 Å². The Morgan fingerprint density at radius 3 is 2.71 bits per heavy atom. The summed E-state index contributed by atoms with van der Waals surface area (Å²) in [6.45, 7) is 0.914. The number of hydrogen-bond donors (Lipinski definition) is 2. The number of amides is 1. The Hall–Kier alpha value is -1.67. The lowest BCUT2D eigenvalue weighted by Crippen LogP contribution is -2.43. The summed E-state index contributed by atoms with van der Waals surface area (Å²) < 4.78 is 56.8. The Kier molecular flexibility index (Phi) is 4.48. The number of nitrogens with one attached hydrogen (secondary N) is 2. The van der Waals surface area contributed by atoms with Gasteiger partial charge in [-0.05, 0) is 12.1 Å². The number of carbonyl (C=O) groups is 1. The van der Waals surface area contributed by atoms with Gasteiger partial charge in [0.2, 0.25) is 0 Å². The SMILES string of the molecule is CO[C@H]1CNC[C@@H]1NC(=O)c1cccc(C(F)(F)F)c1F. The van der Waals surface area contributed by atoms with Gasteiger partial charge in [-0.15, -0.1) is 0 Å². The molecule has 1 fully saturated rings. The summed E-state index contributed by atoms with van der Waals surface area (Å²) in [5, 5.41) is 5.45. The number of ether oxygens (including phenoxy) is 1. The normalized spacial score (nSPS) is 22.3. The van der Waals surface area contributed by atoms with Gasteiger partial charge >= 0.3 is 6.18 Å². The van der Waals surface area contributed by atoms with Gasteiger partial charge in [-0.2, -0.15) is 13.2 Å². The van der Waals surface area contributed by atoms with Crippen molar-refractivity contribution in [2.45, 2.75) is 18.3 Å². The van der Waals surface area contributed by atoms with E-state index in [0.717, 1.165) is 12.1 Å². The summed E-state index contributed by atoms with van der Waals surface area (Å²) in [7, 11) is 1.46. The minimum atomic E-state index is -4.84. The third-order valence-electron chi connectivity index (χ3n) is 3.33. The molecule has 116 valence electrons. The summed E-state index contributed by atoms with van der Waals surface area (Å²) in [5.41, 5.74) is -2.09. The Labute approximate surface area is 118 Å². The lowest BCUT2D eigenvalue weighted by Gasteiger charge is -2.19. The van der Waals surface area contributed by atoms with E-state index in [1.165, 1.54) is 7.11 Å². The van der Waals surface area contributed by atoms with Gasteiger partial charge < -0.3 is 15.4 Å². The average molecular weight is 306 g/mol. The predicted molar refractivity (Wildman–Crippen MR) is 66.3 cm³/mol. The van der Waals surface area contributed by atoms with Crippen molar-refractivity contribution in [2.75, 3.05) is 20.2 Å². The number of rotatable bonds is 3. The quantitative estimate of drug-likeness (QED) is 0.833. The molecular weight excluding hydrogens is 292 g/mol. The van der Waals surface area contributed by atoms with Crippen molar-refractivity contribution in [3.63, 3.8) is 0 Å². The molecule has 0 saturated carbocycles. The van der Waals surface area contributed by atoms with Crippen molar-refractivity contribution in [2.24, 2.45) is 0 Å². The third-order valence-corrected chi connectivity index (χ3v) is 3.33. The van der Waals surface area contributed by atoms with Crippen LogP contribution < -0.4 is 10.6 Å². The number of carbonyl (C=O) groups excluding carboxylic acids is 1.